The summed E-state index contributed by atoms with van der Waals surface area (Å²) in [5.41, 5.74) is 6.19. The van der Waals surface area contributed by atoms with Crippen LogP contribution in [0.3, 0.4) is 0 Å². The van der Waals surface area contributed by atoms with Crippen molar-refractivity contribution in [1.29, 1.82) is 0 Å². The van der Waals surface area contributed by atoms with E-state index in [2.05, 4.69) is 47.5 Å². The van der Waals surface area contributed by atoms with Gasteiger partial charge in [0.15, 0.2) is 11.5 Å². The lowest BCUT2D eigenvalue weighted by molar-refractivity contribution is 0.324. The fourth-order valence-corrected chi connectivity index (χ4v) is 4.84. The molecule has 0 aliphatic heterocycles. The van der Waals surface area contributed by atoms with Crippen molar-refractivity contribution in [3.05, 3.63) is 47.3 Å². The molecule has 5 rings (SSSR count). The summed E-state index contributed by atoms with van der Waals surface area (Å²) in [6.07, 6.45) is 4.15. The Hall–Kier alpha value is -4.01. The summed E-state index contributed by atoms with van der Waals surface area (Å²) in [6, 6.07) is 10.1. The molecule has 0 radical (unpaired) electrons. The monoisotopic (exact) mass is 488 g/mol. The second-order valence-electron chi connectivity index (χ2n) is 9.01. The predicted octanol–water partition coefficient (Wildman–Crippen LogP) is 5.09. The predicted molar refractivity (Wildman–Crippen MR) is 142 cm³/mol. The lowest BCUT2D eigenvalue weighted by Gasteiger charge is -2.26. The van der Waals surface area contributed by atoms with E-state index in [0.717, 1.165) is 65.2 Å². The molecule has 0 atom stereocenters. The first-order chi connectivity index (χ1) is 17.4. The standard InChI is InChI=1S/C27H32N6O3/c1-16-19-12-11-18(15-22(19)31-33(16)3)32(2)26-20-9-7-8-10-21(20)29-27(30-26)28-17-13-23(34-4)25(36-6)24(14-17)35-5/h11-15H,7-10H2,1-6H3,(H,28,29,30). The van der Waals surface area contributed by atoms with Crippen LogP contribution in [0, 0.1) is 6.92 Å². The minimum atomic E-state index is 0.529. The SMILES string of the molecule is COc1cc(Nc2nc3c(c(N(C)c4ccc5c(C)n(C)nc5c4)n2)CCCC3)cc(OC)c1OC. The number of methoxy groups -OCH3 is 3. The topological polar surface area (TPSA) is 86.6 Å². The van der Waals surface area contributed by atoms with E-state index in [-0.39, 0.29) is 0 Å². The summed E-state index contributed by atoms with van der Waals surface area (Å²) in [6.45, 7) is 2.08. The number of ether oxygens (including phenoxy) is 3. The zero-order valence-electron chi connectivity index (χ0n) is 21.7. The summed E-state index contributed by atoms with van der Waals surface area (Å²) in [5.74, 6) is 3.10. The van der Waals surface area contributed by atoms with E-state index >= 15 is 0 Å². The van der Waals surface area contributed by atoms with Gasteiger partial charge in [-0.3, -0.25) is 4.68 Å². The van der Waals surface area contributed by atoms with Gasteiger partial charge in [-0.1, -0.05) is 0 Å². The number of rotatable bonds is 7. The molecular formula is C27H32N6O3. The Morgan fingerprint density at radius 3 is 2.36 bits per heavy atom. The highest BCUT2D eigenvalue weighted by molar-refractivity contribution is 5.86. The first-order valence-corrected chi connectivity index (χ1v) is 12.1. The first kappa shape index (κ1) is 23.7. The van der Waals surface area contributed by atoms with Gasteiger partial charge in [0.25, 0.3) is 0 Å². The molecule has 1 N–H and O–H groups in total. The maximum absolute atomic E-state index is 5.51. The van der Waals surface area contributed by atoms with Crippen LogP contribution in [-0.4, -0.2) is 48.1 Å². The molecule has 1 aliphatic carbocycles. The van der Waals surface area contributed by atoms with Crippen LogP contribution in [0.2, 0.25) is 0 Å². The number of nitrogens with one attached hydrogen (secondary N) is 1. The van der Waals surface area contributed by atoms with Gasteiger partial charge in [0, 0.05) is 54.2 Å². The first-order valence-electron chi connectivity index (χ1n) is 12.1. The Labute approximate surface area is 211 Å². The lowest BCUT2D eigenvalue weighted by Crippen LogP contribution is -2.19. The number of fused-ring (bicyclic) bond motifs is 2. The van der Waals surface area contributed by atoms with E-state index in [1.807, 2.05) is 23.9 Å². The summed E-state index contributed by atoms with van der Waals surface area (Å²) in [4.78, 5) is 12.0. The van der Waals surface area contributed by atoms with Crippen molar-refractivity contribution in [1.82, 2.24) is 19.7 Å². The highest BCUT2D eigenvalue weighted by Gasteiger charge is 2.22. The number of aryl methyl sites for hydroxylation is 3. The van der Waals surface area contributed by atoms with Gasteiger partial charge in [-0.05, 0) is 50.8 Å². The van der Waals surface area contributed by atoms with Gasteiger partial charge in [-0.15, -0.1) is 0 Å². The molecule has 0 unspecified atom stereocenters. The Morgan fingerprint density at radius 1 is 0.944 bits per heavy atom. The molecule has 0 fully saturated rings. The van der Waals surface area contributed by atoms with Gasteiger partial charge < -0.3 is 24.4 Å². The number of hydrogen-bond acceptors (Lipinski definition) is 8. The molecule has 0 bridgehead atoms. The van der Waals surface area contributed by atoms with Crippen LogP contribution in [0.25, 0.3) is 10.9 Å². The maximum atomic E-state index is 5.51. The van der Waals surface area contributed by atoms with Crippen LogP contribution in [-0.2, 0) is 19.9 Å². The van der Waals surface area contributed by atoms with Crippen molar-refractivity contribution in [2.24, 2.45) is 7.05 Å². The van der Waals surface area contributed by atoms with E-state index in [9.17, 15) is 0 Å². The second kappa shape index (κ2) is 9.56. The number of hydrogen-bond donors (Lipinski definition) is 1. The third-order valence-corrected chi connectivity index (χ3v) is 6.90. The van der Waals surface area contributed by atoms with Gasteiger partial charge >= 0.3 is 0 Å². The lowest BCUT2D eigenvalue weighted by atomic mass is 9.96. The van der Waals surface area contributed by atoms with Gasteiger partial charge in [-0.2, -0.15) is 10.1 Å². The summed E-state index contributed by atoms with van der Waals surface area (Å²) >= 11 is 0. The number of aromatic nitrogens is 4. The van der Waals surface area contributed by atoms with E-state index in [4.69, 9.17) is 24.2 Å². The van der Waals surface area contributed by atoms with E-state index in [1.165, 1.54) is 5.56 Å². The smallest absolute Gasteiger partial charge is 0.229 e. The van der Waals surface area contributed by atoms with E-state index in [1.54, 1.807) is 21.3 Å². The minimum Gasteiger partial charge on any atom is -0.493 e. The molecular weight excluding hydrogens is 456 g/mol. The molecule has 4 aromatic rings. The summed E-state index contributed by atoms with van der Waals surface area (Å²) in [7, 11) is 8.82. The summed E-state index contributed by atoms with van der Waals surface area (Å²) in [5, 5.41) is 9.19. The third kappa shape index (κ3) is 4.14. The van der Waals surface area contributed by atoms with Crippen molar-refractivity contribution in [3.63, 3.8) is 0 Å². The quantitative estimate of drug-likeness (QED) is 0.385. The average molecular weight is 489 g/mol. The number of nitrogens with zero attached hydrogens (tertiary/aromatic N) is 5. The van der Waals surface area contributed by atoms with Crippen LogP contribution >= 0.6 is 0 Å². The van der Waals surface area contributed by atoms with Crippen molar-refractivity contribution in [2.45, 2.75) is 32.6 Å². The van der Waals surface area contributed by atoms with Crippen LogP contribution in [0.5, 0.6) is 17.2 Å². The van der Waals surface area contributed by atoms with E-state index < -0.39 is 0 Å². The normalized spacial score (nSPS) is 12.8. The highest BCUT2D eigenvalue weighted by atomic mass is 16.5. The van der Waals surface area contributed by atoms with Crippen LogP contribution in [0.15, 0.2) is 30.3 Å². The van der Waals surface area contributed by atoms with Crippen LogP contribution < -0.4 is 24.4 Å². The molecule has 9 nitrogen and oxygen atoms in total. The van der Waals surface area contributed by atoms with Gasteiger partial charge in [0.05, 0.1) is 32.5 Å². The Balaban J connectivity index is 1.55. The molecule has 1 aliphatic rings. The molecule has 2 aromatic carbocycles. The molecule has 0 spiro atoms. The number of anilines is 4. The van der Waals surface area contributed by atoms with Crippen molar-refractivity contribution in [2.75, 3.05) is 38.6 Å². The molecule has 2 heterocycles. The number of benzene rings is 2. The molecule has 0 saturated carbocycles. The second-order valence-corrected chi connectivity index (χ2v) is 9.01. The van der Waals surface area contributed by atoms with Crippen LogP contribution in [0.4, 0.5) is 23.1 Å². The minimum absolute atomic E-state index is 0.529. The molecule has 9 heteroatoms. The third-order valence-electron chi connectivity index (χ3n) is 6.90. The zero-order chi connectivity index (χ0) is 25.4. The van der Waals surface area contributed by atoms with Gasteiger partial charge in [0.1, 0.15) is 5.82 Å². The molecule has 0 amide bonds. The zero-order valence-corrected chi connectivity index (χ0v) is 21.7. The highest BCUT2D eigenvalue weighted by Crippen LogP contribution is 2.41. The fraction of sp³-hybridized carbons (Fsp3) is 0.370. The van der Waals surface area contributed by atoms with E-state index in [0.29, 0.717) is 23.2 Å². The van der Waals surface area contributed by atoms with Gasteiger partial charge in [-0.25, -0.2) is 4.98 Å². The Kier molecular flexibility index (Phi) is 6.30. The molecule has 2 aromatic heterocycles. The Morgan fingerprint density at radius 2 is 1.67 bits per heavy atom. The van der Waals surface area contributed by atoms with Crippen molar-refractivity contribution >= 4 is 34.0 Å². The Bertz CT molecular complexity index is 1410. The summed E-state index contributed by atoms with van der Waals surface area (Å²) < 4.78 is 18.4. The molecule has 0 saturated heterocycles. The fourth-order valence-electron chi connectivity index (χ4n) is 4.84. The van der Waals surface area contributed by atoms with Crippen molar-refractivity contribution < 1.29 is 14.2 Å². The molecule has 188 valence electrons. The molecule has 36 heavy (non-hydrogen) atoms. The van der Waals surface area contributed by atoms with Crippen LogP contribution in [0.1, 0.15) is 29.8 Å². The average Bonchev–Trinajstić information content (AvgIpc) is 3.19. The van der Waals surface area contributed by atoms with Crippen molar-refractivity contribution in [3.8, 4) is 17.2 Å². The van der Waals surface area contributed by atoms with Gasteiger partial charge in [0.2, 0.25) is 11.7 Å². The largest absolute Gasteiger partial charge is 0.493 e. The maximum Gasteiger partial charge on any atom is 0.229 e.